The molecule has 5 N–H and O–H groups in total. The molecule has 0 heterocycles. The van der Waals surface area contributed by atoms with Gasteiger partial charge in [-0.1, -0.05) is 20.8 Å². The maximum Gasteiger partial charge on any atom is 0.0214 e. The molecule has 3 heteroatoms. The third-order valence-corrected chi connectivity index (χ3v) is 2.03. The molecular formula is C9H23N3. The molecule has 0 bridgehead atoms. The second-order valence-corrected chi connectivity index (χ2v) is 4.32. The summed E-state index contributed by atoms with van der Waals surface area (Å²) in [4.78, 5) is 0. The van der Waals surface area contributed by atoms with Crippen LogP contribution in [0.2, 0.25) is 0 Å². The summed E-state index contributed by atoms with van der Waals surface area (Å²) in [7, 11) is 0. The SMILES string of the molecule is CC(C)(C)[C@H](N)CNCCCN. The molecule has 0 saturated heterocycles. The Morgan fingerprint density at radius 1 is 1.33 bits per heavy atom. The molecule has 1 atom stereocenters. The molecular weight excluding hydrogens is 150 g/mol. The van der Waals surface area contributed by atoms with Crippen LogP contribution < -0.4 is 16.8 Å². The first-order chi connectivity index (χ1) is 5.48. The summed E-state index contributed by atoms with van der Waals surface area (Å²) in [6.07, 6.45) is 1.02. The van der Waals surface area contributed by atoms with Crippen molar-refractivity contribution in [2.45, 2.75) is 33.2 Å². The summed E-state index contributed by atoms with van der Waals surface area (Å²) < 4.78 is 0. The second-order valence-electron chi connectivity index (χ2n) is 4.32. The molecule has 0 aliphatic heterocycles. The van der Waals surface area contributed by atoms with Gasteiger partial charge in [-0.3, -0.25) is 0 Å². The van der Waals surface area contributed by atoms with Gasteiger partial charge in [0.1, 0.15) is 0 Å². The van der Waals surface area contributed by atoms with Crippen LogP contribution >= 0.6 is 0 Å². The predicted octanol–water partition coefficient (Wildman–Crippen LogP) is 0.298. The van der Waals surface area contributed by atoms with Gasteiger partial charge in [0.2, 0.25) is 0 Å². The van der Waals surface area contributed by atoms with E-state index in [1.165, 1.54) is 0 Å². The van der Waals surface area contributed by atoms with Gasteiger partial charge in [-0.05, 0) is 24.9 Å². The fourth-order valence-electron chi connectivity index (χ4n) is 0.791. The summed E-state index contributed by atoms with van der Waals surface area (Å²) in [6, 6.07) is 0.218. The van der Waals surface area contributed by atoms with Crippen molar-refractivity contribution in [3.8, 4) is 0 Å². The molecule has 0 aromatic rings. The van der Waals surface area contributed by atoms with Gasteiger partial charge < -0.3 is 16.8 Å². The third kappa shape index (κ3) is 5.52. The van der Waals surface area contributed by atoms with Crippen molar-refractivity contribution in [3.05, 3.63) is 0 Å². The summed E-state index contributed by atoms with van der Waals surface area (Å²) in [5, 5.41) is 3.29. The molecule has 3 nitrogen and oxygen atoms in total. The zero-order valence-corrected chi connectivity index (χ0v) is 8.56. The van der Waals surface area contributed by atoms with E-state index < -0.39 is 0 Å². The quantitative estimate of drug-likeness (QED) is 0.524. The Hall–Kier alpha value is -0.120. The monoisotopic (exact) mass is 173 g/mol. The molecule has 0 aromatic heterocycles. The Morgan fingerprint density at radius 2 is 1.92 bits per heavy atom. The lowest BCUT2D eigenvalue weighted by Gasteiger charge is -2.27. The van der Waals surface area contributed by atoms with Gasteiger partial charge in [0.05, 0.1) is 0 Å². The summed E-state index contributed by atoms with van der Waals surface area (Å²) in [6.45, 7) is 9.06. The maximum absolute atomic E-state index is 5.94. The number of hydrogen-bond donors (Lipinski definition) is 3. The fourth-order valence-corrected chi connectivity index (χ4v) is 0.791. The van der Waals surface area contributed by atoms with E-state index in [4.69, 9.17) is 11.5 Å². The van der Waals surface area contributed by atoms with Gasteiger partial charge in [-0.2, -0.15) is 0 Å². The highest BCUT2D eigenvalue weighted by atomic mass is 14.9. The number of hydrogen-bond acceptors (Lipinski definition) is 3. The highest BCUT2D eigenvalue weighted by Gasteiger charge is 2.19. The molecule has 0 amide bonds. The van der Waals surface area contributed by atoms with E-state index in [-0.39, 0.29) is 11.5 Å². The van der Waals surface area contributed by atoms with Crippen molar-refractivity contribution in [1.29, 1.82) is 0 Å². The van der Waals surface area contributed by atoms with Crippen LogP contribution in [0.25, 0.3) is 0 Å². The molecule has 0 radical (unpaired) electrons. The average Bonchev–Trinajstić information content (AvgIpc) is 1.96. The van der Waals surface area contributed by atoms with Crippen LogP contribution in [0, 0.1) is 5.41 Å². The van der Waals surface area contributed by atoms with E-state index in [9.17, 15) is 0 Å². The summed E-state index contributed by atoms with van der Waals surface area (Å²) in [5.41, 5.74) is 11.5. The van der Waals surface area contributed by atoms with E-state index in [0.717, 1.165) is 26.1 Å². The normalized spacial score (nSPS) is 14.8. The first kappa shape index (κ1) is 11.9. The van der Waals surface area contributed by atoms with E-state index in [1.54, 1.807) is 0 Å². The lowest BCUT2D eigenvalue weighted by molar-refractivity contribution is 0.309. The van der Waals surface area contributed by atoms with Crippen LogP contribution in [0.4, 0.5) is 0 Å². The highest BCUT2D eigenvalue weighted by molar-refractivity contribution is 4.78. The molecule has 0 aliphatic carbocycles. The van der Waals surface area contributed by atoms with Gasteiger partial charge in [-0.15, -0.1) is 0 Å². The van der Waals surface area contributed by atoms with E-state index >= 15 is 0 Å². The Bertz CT molecular complexity index is 107. The molecule has 0 saturated carbocycles. The van der Waals surface area contributed by atoms with Gasteiger partial charge in [-0.25, -0.2) is 0 Å². The van der Waals surface area contributed by atoms with Gasteiger partial charge in [0.25, 0.3) is 0 Å². The maximum atomic E-state index is 5.94. The minimum atomic E-state index is 0.190. The van der Waals surface area contributed by atoms with E-state index in [0.29, 0.717) is 0 Å². The van der Waals surface area contributed by atoms with Crippen molar-refractivity contribution >= 4 is 0 Å². The molecule has 0 aliphatic rings. The minimum Gasteiger partial charge on any atom is -0.330 e. The topological polar surface area (TPSA) is 64.1 Å². The van der Waals surface area contributed by atoms with Gasteiger partial charge in [0, 0.05) is 12.6 Å². The first-order valence-electron chi connectivity index (χ1n) is 4.65. The predicted molar refractivity (Wildman–Crippen MR) is 54.0 cm³/mol. The molecule has 0 fully saturated rings. The summed E-state index contributed by atoms with van der Waals surface area (Å²) >= 11 is 0. The van der Waals surface area contributed by atoms with Crippen molar-refractivity contribution in [3.63, 3.8) is 0 Å². The van der Waals surface area contributed by atoms with Gasteiger partial charge >= 0.3 is 0 Å². The summed E-state index contributed by atoms with van der Waals surface area (Å²) in [5.74, 6) is 0. The smallest absolute Gasteiger partial charge is 0.0214 e. The molecule has 12 heavy (non-hydrogen) atoms. The standard InChI is InChI=1S/C9H23N3/c1-9(2,3)8(11)7-12-6-4-5-10/h8,12H,4-7,10-11H2,1-3H3/t8-/m1/s1. The highest BCUT2D eigenvalue weighted by Crippen LogP contribution is 2.16. The molecule has 0 aromatic carbocycles. The Labute approximate surface area is 75.9 Å². The van der Waals surface area contributed by atoms with Crippen LogP contribution in [-0.4, -0.2) is 25.7 Å². The minimum absolute atomic E-state index is 0.190. The number of nitrogens with two attached hydrogens (primary N) is 2. The van der Waals surface area contributed by atoms with Crippen LogP contribution in [0.15, 0.2) is 0 Å². The van der Waals surface area contributed by atoms with Crippen LogP contribution in [0.1, 0.15) is 27.2 Å². The lowest BCUT2D eigenvalue weighted by Crippen LogP contribution is -2.43. The molecule has 0 rings (SSSR count). The van der Waals surface area contributed by atoms with Crippen LogP contribution in [0.5, 0.6) is 0 Å². The zero-order chi connectivity index (χ0) is 9.61. The second kappa shape index (κ2) is 5.51. The largest absolute Gasteiger partial charge is 0.330 e. The van der Waals surface area contributed by atoms with Crippen LogP contribution in [-0.2, 0) is 0 Å². The number of nitrogens with one attached hydrogen (secondary N) is 1. The van der Waals surface area contributed by atoms with Crippen molar-refractivity contribution in [2.75, 3.05) is 19.6 Å². The average molecular weight is 173 g/mol. The Morgan fingerprint density at radius 3 is 2.33 bits per heavy atom. The van der Waals surface area contributed by atoms with E-state index in [2.05, 4.69) is 26.1 Å². The van der Waals surface area contributed by atoms with E-state index in [1.807, 2.05) is 0 Å². The van der Waals surface area contributed by atoms with Gasteiger partial charge in [0.15, 0.2) is 0 Å². The molecule has 0 spiro atoms. The third-order valence-electron chi connectivity index (χ3n) is 2.03. The van der Waals surface area contributed by atoms with Crippen molar-refractivity contribution in [1.82, 2.24) is 5.32 Å². The Kier molecular flexibility index (Phi) is 5.46. The fraction of sp³-hybridized carbons (Fsp3) is 1.00. The zero-order valence-electron chi connectivity index (χ0n) is 8.56. The molecule has 0 unspecified atom stereocenters. The Balaban J connectivity index is 3.38. The van der Waals surface area contributed by atoms with Crippen molar-refractivity contribution in [2.24, 2.45) is 16.9 Å². The molecule has 74 valence electrons. The van der Waals surface area contributed by atoms with Crippen molar-refractivity contribution < 1.29 is 0 Å². The number of rotatable bonds is 5. The van der Waals surface area contributed by atoms with Crippen LogP contribution in [0.3, 0.4) is 0 Å². The first-order valence-corrected chi connectivity index (χ1v) is 4.65. The lowest BCUT2D eigenvalue weighted by atomic mass is 9.87.